The van der Waals surface area contributed by atoms with Crippen LogP contribution in [0.15, 0.2) is 29.4 Å². The van der Waals surface area contributed by atoms with Gasteiger partial charge in [-0.25, -0.2) is 0 Å². The zero-order valence-electron chi connectivity index (χ0n) is 19.9. The van der Waals surface area contributed by atoms with E-state index in [1.165, 1.54) is 52.8 Å². The van der Waals surface area contributed by atoms with E-state index in [4.69, 9.17) is 9.47 Å². The summed E-state index contributed by atoms with van der Waals surface area (Å²) >= 11 is 3.27. The lowest BCUT2D eigenvalue weighted by atomic mass is 9.87. The lowest BCUT2D eigenvalue weighted by Gasteiger charge is -2.21. The van der Waals surface area contributed by atoms with Gasteiger partial charge in [0.1, 0.15) is 13.2 Å². The van der Waals surface area contributed by atoms with Crippen molar-refractivity contribution in [3.05, 3.63) is 40.3 Å². The molecule has 1 aromatic carbocycles. The second-order valence-electron chi connectivity index (χ2n) is 8.96. The standard InChI is InChI=1S/C25H30N4O3S2/c1-4-16-6-8-21-18(11-16)13-22(34-21)24-26-27-25(29(24)3)33-15-23(30)28(2)14-17-5-7-19-20(12-17)32-10-9-31-19/h5,7,12-13,16H,4,6,8-11,14-15H2,1-3H3. The highest BCUT2D eigenvalue weighted by Gasteiger charge is 2.23. The summed E-state index contributed by atoms with van der Waals surface area (Å²) in [6, 6.07) is 8.13. The molecule has 1 aliphatic heterocycles. The number of aryl methyl sites for hydroxylation is 1. The molecule has 7 nitrogen and oxygen atoms in total. The quantitative estimate of drug-likeness (QED) is 0.444. The molecule has 0 saturated heterocycles. The Balaban J connectivity index is 1.20. The van der Waals surface area contributed by atoms with Crippen molar-refractivity contribution in [2.45, 2.75) is 44.3 Å². The highest BCUT2D eigenvalue weighted by molar-refractivity contribution is 7.99. The third kappa shape index (κ3) is 4.81. The zero-order chi connectivity index (χ0) is 23.7. The maximum absolute atomic E-state index is 12.8. The van der Waals surface area contributed by atoms with Crippen LogP contribution in [0.4, 0.5) is 0 Å². The van der Waals surface area contributed by atoms with Gasteiger partial charge in [-0.2, -0.15) is 0 Å². The molecule has 3 aromatic rings. The van der Waals surface area contributed by atoms with Gasteiger partial charge in [-0.1, -0.05) is 31.2 Å². The van der Waals surface area contributed by atoms with Crippen molar-refractivity contribution >= 4 is 29.0 Å². The van der Waals surface area contributed by atoms with Gasteiger partial charge in [0, 0.05) is 25.5 Å². The summed E-state index contributed by atoms with van der Waals surface area (Å²) in [5, 5.41) is 9.58. The number of carbonyl (C=O) groups excluding carboxylic acids is 1. The summed E-state index contributed by atoms with van der Waals surface area (Å²) in [4.78, 5) is 17.2. The minimum atomic E-state index is 0.0432. The van der Waals surface area contributed by atoms with Gasteiger partial charge in [-0.05, 0) is 54.5 Å². The van der Waals surface area contributed by atoms with Gasteiger partial charge in [0.05, 0.1) is 10.6 Å². The van der Waals surface area contributed by atoms with Gasteiger partial charge < -0.3 is 18.9 Å². The number of carbonyl (C=O) groups is 1. The summed E-state index contributed by atoms with van der Waals surface area (Å²) in [6.07, 6.45) is 4.87. The molecule has 0 fully saturated rings. The van der Waals surface area contributed by atoms with Crippen LogP contribution in [-0.2, 0) is 31.2 Å². The van der Waals surface area contributed by atoms with Crippen LogP contribution in [0.25, 0.3) is 10.7 Å². The minimum Gasteiger partial charge on any atom is -0.486 e. The molecule has 9 heteroatoms. The Hall–Kier alpha value is -2.52. The molecule has 1 amide bonds. The normalized spacial score (nSPS) is 16.9. The maximum atomic E-state index is 12.8. The molecule has 0 saturated carbocycles. The van der Waals surface area contributed by atoms with Gasteiger partial charge in [0.15, 0.2) is 22.5 Å². The van der Waals surface area contributed by atoms with Crippen LogP contribution in [0, 0.1) is 5.92 Å². The van der Waals surface area contributed by atoms with Crippen molar-refractivity contribution in [3.8, 4) is 22.2 Å². The predicted molar refractivity (Wildman–Crippen MR) is 135 cm³/mol. The summed E-state index contributed by atoms with van der Waals surface area (Å²) in [6.45, 7) is 3.92. The van der Waals surface area contributed by atoms with Crippen molar-refractivity contribution in [1.82, 2.24) is 19.7 Å². The molecule has 5 rings (SSSR count). The summed E-state index contributed by atoms with van der Waals surface area (Å²) in [5.74, 6) is 3.53. The molecular formula is C25H30N4O3S2. The van der Waals surface area contributed by atoms with Crippen LogP contribution in [0.1, 0.15) is 35.8 Å². The van der Waals surface area contributed by atoms with Gasteiger partial charge in [-0.3, -0.25) is 4.79 Å². The molecule has 180 valence electrons. The average Bonchev–Trinajstić information content (AvgIpc) is 3.44. The van der Waals surface area contributed by atoms with E-state index in [0.717, 1.165) is 34.0 Å². The topological polar surface area (TPSA) is 69.5 Å². The SMILES string of the molecule is CCC1CCc2sc(-c3nnc(SCC(=O)N(C)Cc4ccc5c(c4)OCCO5)n3C)cc2C1. The first-order valence-electron chi connectivity index (χ1n) is 11.8. The van der Waals surface area contributed by atoms with Gasteiger partial charge in [-0.15, -0.1) is 21.5 Å². The molecule has 1 unspecified atom stereocenters. The van der Waals surface area contributed by atoms with E-state index in [1.807, 2.05) is 48.2 Å². The minimum absolute atomic E-state index is 0.0432. The Morgan fingerprint density at radius 3 is 2.88 bits per heavy atom. The first-order valence-corrected chi connectivity index (χ1v) is 13.6. The number of aromatic nitrogens is 3. The Bertz CT molecular complexity index is 1190. The molecule has 3 heterocycles. The fourth-order valence-corrected chi connectivity index (χ4v) is 6.58. The first-order chi connectivity index (χ1) is 16.5. The Morgan fingerprint density at radius 1 is 1.24 bits per heavy atom. The van der Waals surface area contributed by atoms with E-state index in [2.05, 4.69) is 23.2 Å². The van der Waals surface area contributed by atoms with Crippen LogP contribution in [0.2, 0.25) is 0 Å². The fourth-order valence-electron chi connectivity index (χ4n) is 4.50. The number of nitrogens with zero attached hydrogens (tertiary/aromatic N) is 4. The van der Waals surface area contributed by atoms with Gasteiger partial charge in [0.25, 0.3) is 0 Å². The molecule has 0 radical (unpaired) electrons. The monoisotopic (exact) mass is 498 g/mol. The number of fused-ring (bicyclic) bond motifs is 2. The van der Waals surface area contributed by atoms with E-state index in [-0.39, 0.29) is 5.91 Å². The van der Waals surface area contributed by atoms with E-state index in [1.54, 1.807) is 4.90 Å². The van der Waals surface area contributed by atoms with Gasteiger partial charge >= 0.3 is 0 Å². The van der Waals surface area contributed by atoms with Crippen molar-refractivity contribution in [1.29, 1.82) is 0 Å². The van der Waals surface area contributed by atoms with Crippen molar-refractivity contribution in [3.63, 3.8) is 0 Å². The number of ether oxygens (including phenoxy) is 2. The zero-order valence-corrected chi connectivity index (χ0v) is 21.5. The van der Waals surface area contributed by atoms with Crippen LogP contribution >= 0.6 is 23.1 Å². The first kappa shape index (κ1) is 23.2. The number of thioether (sulfide) groups is 1. The molecule has 2 aromatic heterocycles. The molecule has 0 spiro atoms. The predicted octanol–water partition coefficient (Wildman–Crippen LogP) is 4.58. The molecule has 2 aliphatic rings. The lowest BCUT2D eigenvalue weighted by Crippen LogP contribution is -2.28. The van der Waals surface area contributed by atoms with E-state index < -0.39 is 0 Å². The van der Waals surface area contributed by atoms with Crippen LogP contribution < -0.4 is 9.47 Å². The number of hydrogen-bond donors (Lipinski definition) is 0. The second kappa shape index (κ2) is 10.00. The van der Waals surface area contributed by atoms with Crippen LogP contribution in [0.3, 0.4) is 0 Å². The van der Waals surface area contributed by atoms with Crippen LogP contribution in [0.5, 0.6) is 11.5 Å². The molecular weight excluding hydrogens is 468 g/mol. The maximum Gasteiger partial charge on any atom is 0.233 e. The smallest absolute Gasteiger partial charge is 0.233 e. The highest BCUT2D eigenvalue weighted by atomic mass is 32.2. The summed E-state index contributed by atoms with van der Waals surface area (Å²) < 4.78 is 13.2. The number of amides is 1. The molecule has 1 aliphatic carbocycles. The molecule has 0 N–H and O–H groups in total. The van der Waals surface area contributed by atoms with Crippen molar-refractivity contribution in [2.75, 3.05) is 26.0 Å². The average molecular weight is 499 g/mol. The highest BCUT2D eigenvalue weighted by Crippen LogP contribution is 2.38. The largest absolute Gasteiger partial charge is 0.486 e. The second-order valence-corrected chi connectivity index (χ2v) is 11.0. The van der Waals surface area contributed by atoms with E-state index in [9.17, 15) is 4.79 Å². The summed E-state index contributed by atoms with van der Waals surface area (Å²) in [5.41, 5.74) is 2.49. The Morgan fingerprint density at radius 2 is 2.06 bits per heavy atom. The van der Waals surface area contributed by atoms with Crippen LogP contribution in [-0.4, -0.2) is 51.6 Å². The molecule has 34 heavy (non-hydrogen) atoms. The van der Waals surface area contributed by atoms with Crippen molar-refractivity contribution < 1.29 is 14.3 Å². The Kier molecular flexibility index (Phi) is 6.83. The number of hydrogen-bond acceptors (Lipinski definition) is 7. The van der Waals surface area contributed by atoms with Gasteiger partial charge in [0.2, 0.25) is 5.91 Å². The summed E-state index contributed by atoms with van der Waals surface area (Å²) in [7, 11) is 3.80. The molecule has 0 bridgehead atoms. The van der Waals surface area contributed by atoms with E-state index >= 15 is 0 Å². The molecule has 1 atom stereocenters. The number of thiophene rings is 1. The lowest BCUT2D eigenvalue weighted by molar-refractivity contribution is -0.127. The third-order valence-electron chi connectivity index (χ3n) is 6.59. The van der Waals surface area contributed by atoms with Crippen molar-refractivity contribution in [2.24, 2.45) is 13.0 Å². The Labute approximate surface area is 208 Å². The number of rotatable bonds is 7. The van der Waals surface area contributed by atoms with E-state index in [0.29, 0.717) is 25.5 Å². The third-order valence-corrected chi connectivity index (χ3v) is 8.83. The fraction of sp³-hybridized carbons (Fsp3) is 0.480. The number of benzene rings is 1.